The lowest BCUT2D eigenvalue weighted by molar-refractivity contribution is 0.0948. The van der Waals surface area contributed by atoms with Gasteiger partial charge in [0.05, 0.1) is 0 Å². The third kappa shape index (κ3) is 3.07. The molecular formula is C10H10FN5O. The molecule has 0 atom stereocenters. The molecule has 0 aliphatic rings. The van der Waals surface area contributed by atoms with E-state index in [4.69, 9.17) is 0 Å². The van der Waals surface area contributed by atoms with Crippen molar-refractivity contribution >= 4 is 5.91 Å². The van der Waals surface area contributed by atoms with Gasteiger partial charge in [-0.15, -0.1) is 0 Å². The van der Waals surface area contributed by atoms with Crippen LogP contribution in [0.5, 0.6) is 0 Å². The predicted octanol–water partition coefficient (Wildman–Crippen LogP) is 0.311. The summed E-state index contributed by atoms with van der Waals surface area (Å²) < 4.78 is 12.8. The minimum Gasteiger partial charge on any atom is -0.350 e. The molecule has 2 aromatic rings. The summed E-state index contributed by atoms with van der Waals surface area (Å²) in [6, 6.07) is 4.08. The van der Waals surface area contributed by atoms with E-state index in [9.17, 15) is 9.18 Å². The van der Waals surface area contributed by atoms with Crippen LogP contribution in [0.4, 0.5) is 4.39 Å². The van der Waals surface area contributed by atoms with Gasteiger partial charge in [-0.25, -0.2) is 9.97 Å². The Morgan fingerprint density at radius 1 is 1.47 bits per heavy atom. The number of nitrogens with one attached hydrogen (secondary N) is 2. The van der Waals surface area contributed by atoms with Crippen LogP contribution in [0.15, 0.2) is 24.5 Å². The molecule has 0 spiro atoms. The van der Waals surface area contributed by atoms with Gasteiger partial charge in [0, 0.05) is 13.0 Å². The molecule has 1 amide bonds. The van der Waals surface area contributed by atoms with Crippen LogP contribution in [-0.2, 0) is 6.42 Å². The van der Waals surface area contributed by atoms with E-state index in [-0.39, 0.29) is 5.69 Å². The first kappa shape index (κ1) is 11.2. The van der Waals surface area contributed by atoms with E-state index >= 15 is 0 Å². The van der Waals surface area contributed by atoms with Gasteiger partial charge in [0.15, 0.2) is 0 Å². The molecule has 2 aromatic heterocycles. The monoisotopic (exact) mass is 235 g/mol. The van der Waals surface area contributed by atoms with Crippen LogP contribution in [0.3, 0.4) is 0 Å². The molecule has 17 heavy (non-hydrogen) atoms. The second-order valence-corrected chi connectivity index (χ2v) is 3.28. The maximum Gasteiger partial charge on any atom is 0.270 e. The number of carbonyl (C=O) groups excluding carboxylic acids is 1. The Labute approximate surface area is 96.3 Å². The Morgan fingerprint density at radius 3 is 3.06 bits per heavy atom. The number of aromatic nitrogens is 4. The highest BCUT2D eigenvalue weighted by Crippen LogP contribution is 1.97. The van der Waals surface area contributed by atoms with Gasteiger partial charge in [0.25, 0.3) is 5.91 Å². The standard InChI is InChI=1S/C10H10FN5O/c11-8-3-1-2-7(15-8)10(17)12-5-4-9-13-6-14-16-9/h1-3,6H,4-5H2,(H,12,17)(H,13,14,16). The largest absolute Gasteiger partial charge is 0.350 e. The summed E-state index contributed by atoms with van der Waals surface area (Å²) in [5.74, 6) is -0.408. The number of H-pyrrole nitrogens is 1. The number of amides is 1. The van der Waals surface area contributed by atoms with Crippen LogP contribution in [0.1, 0.15) is 16.3 Å². The van der Waals surface area contributed by atoms with E-state index < -0.39 is 11.9 Å². The number of aromatic amines is 1. The summed E-state index contributed by atoms with van der Waals surface area (Å²) >= 11 is 0. The quantitative estimate of drug-likeness (QED) is 0.747. The third-order valence-corrected chi connectivity index (χ3v) is 2.06. The van der Waals surface area contributed by atoms with Crippen molar-refractivity contribution in [2.75, 3.05) is 6.54 Å². The SMILES string of the molecule is O=C(NCCc1ncn[nH]1)c1cccc(F)n1. The van der Waals surface area contributed by atoms with Crippen LogP contribution in [0, 0.1) is 5.95 Å². The maximum absolute atomic E-state index is 12.8. The summed E-state index contributed by atoms with van der Waals surface area (Å²) in [4.78, 5) is 18.9. The highest BCUT2D eigenvalue weighted by molar-refractivity contribution is 5.92. The van der Waals surface area contributed by atoms with Gasteiger partial charge in [-0.05, 0) is 12.1 Å². The van der Waals surface area contributed by atoms with Crippen LogP contribution in [0.25, 0.3) is 0 Å². The van der Waals surface area contributed by atoms with Crippen molar-refractivity contribution < 1.29 is 9.18 Å². The zero-order valence-corrected chi connectivity index (χ0v) is 8.85. The Bertz CT molecular complexity index is 499. The molecule has 0 aromatic carbocycles. The number of hydrogen-bond donors (Lipinski definition) is 2. The molecule has 0 radical (unpaired) electrons. The fraction of sp³-hybridized carbons (Fsp3) is 0.200. The van der Waals surface area contributed by atoms with Gasteiger partial charge in [-0.2, -0.15) is 9.49 Å². The fourth-order valence-electron chi connectivity index (χ4n) is 1.27. The van der Waals surface area contributed by atoms with Crippen molar-refractivity contribution in [3.05, 3.63) is 42.0 Å². The number of halogens is 1. The van der Waals surface area contributed by atoms with Gasteiger partial charge in [0.1, 0.15) is 17.8 Å². The number of nitrogens with zero attached hydrogens (tertiary/aromatic N) is 3. The first-order valence-corrected chi connectivity index (χ1v) is 5.01. The summed E-state index contributed by atoms with van der Waals surface area (Å²) in [6.07, 6.45) is 1.92. The first-order valence-electron chi connectivity index (χ1n) is 5.01. The van der Waals surface area contributed by atoms with Crippen molar-refractivity contribution in [3.8, 4) is 0 Å². The highest BCUT2D eigenvalue weighted by atomic mass is 19.1. The smallest absolute Gasteiger partial charge is 0.270 e. The zero-order chi connectivity index (χ0) is 12.1. The van der Waals surface area contributed by atoms with Crippen molar-refractivity contribution in [1.82, 2.24) is 25.5 Å². The van der Waals surface area contributed by atoms with Crippen LogP contribution in [0.2, 0.25) is 0 Å². The number of carbonyl (C=O) groups is 1. The lowest BCUT2D eigenvalue weighted by atomic mass is 10.3. The maximum atomic E-state index is 12.8. The van der Waals surface area contributed by atoms with Gasteiger partial charge < -0.3 is 5.32 Å². The van der Waals surface area contributed by atoms with Crippen LogP contribution < -0.4 is 5.32 Å². The molecular weight excluding hydrogens is 225 g/mol. The molecule has 0 aliphatic heterocycles. The van der Waals surface area contributed by atoms with E-state index in [0.29, 0.717) is 18.8 Å². The topological polar surface area (TPSA) is 83.6 Å². The van der Waals surface area contributed by atoms with Crippen LogP contribution in [-0.4, -0.2) is 32.6 Å². The van der Waals surface area contributed by atoms with E-state index in [0.717, 1.165) is 0 Å². The molecule has 0 saturated carbocycles. The average molecular weight is 235 g/mol. The lowest BCUT2D eigenvalue weighted by Crippen LogP contribution is -2.27. The molecule has 0 unspecified atom stereocenters. The molecule has 0 saturated heterocycles. The lowest BCUT2D eigenvalue weighted by Gasteiger charge is -2.02. The highest BCUT2D eigenvalue weighted by Gasteiger charge is 2.07. The normalized spacial score (nSPS) is 10.2. The first-order chi connectivity index (χ1) is 8.25. The summed E-state index contributed by atoms with van der Waals surface area (Å²) in [6.45, 7) is 0.381. The van der Waals surface area contributed by atoms with Crippen LogP contribution >= 0.6 is 0 Å². The minimum atomic E-state index is -0.673. The Morgan fingerprint density at radius 2 is 2.35 bits per heavy atom. The van der Waals surface area contributed by atoms with E-state index in [2.05, 4.69) is 25.5 Å². The van der Waals surface area contributed by atoms with Crippen molar-refractivity contribution in [1.29, 1.82) is 0 Å². The van der Waals surface area contributed by atoms with Gasteiger partial charge in [-0.3, -0.25) is 9.89 Å². The molecule has 88 valence electrons. The zero-order valence-electron chi connectivity index (χ0n) is 8.85. The molecule has 2 N–H and O–H groups in total. The predicted molar refractivity (Wildman–Crippen MR) is 56.6 cm³/mol. The number of hydrogen-bond acceptors (Lipinski definition) is 4. The third-order valence-electron chi connectivity index (χ3n) is 2.06. The minimum absolute atomic E-state index is 0.0579. The van der Waals surface area contributed by atoms with Gasteiger partial charge >= 0.3 is 0 Å². The Balaban J connectivity index is 1.85. The molecule has 6 nitrogen and oxygen atoms in total. The second kappa shape index (κ2) is 5.15. The van der Waals surface area contributed by atoms with Crippen molar-refractivity contribution in [3.63, 3.8) is 0 Å². The average Bonchev–Trinajstić information content (AvgIpc) is 2.82. The van der Waals surface area contributed by atoms with E-state index in [1.54, 1.807) is 0 Å². The van der Waals surface area contributed by atoms with Crippen molar-refractivity contribution in [2.24, 2.45) is 0 Å². The van der Waals surface area contributed by atoms with E-state index in [1.807, 2.05) is 0 Å². The molecule has 2 heterocycles. The molecule has 0 bridgehead atoms. The van der Waals surface area contributed by atoms with Gasteiger partial charge in [0.2, 0.25) is 5.95 Å². The summed E-state index contributed by atoms with van der Waals surface area (Å²) in [7, 11) is 0. The van der Waals surface area contributed by atoms with E-state index in [1.165, 1.54) is 24.5 Å². The Hall–Kier alpha value is -2.31. The van der Waals surface area contributed by atoms with Crippen molar-refractivity contribution in [2.45, 2.75) is 6.42 Å². The fourth-order valence-corrected chi connectivity index (χ4v) is 1.27. The second-order valence-electron chi connectivity index (χ2n) is 3.28. The molecule has 7 heteroatoms. The molecule has 0 fully saturated rings. The Kier molecular flexibility index (Phi) is 3.39. The number of rotatable bonds is 4. The number of pyridine rings is 1. The molecule has 0 aliphatic carbocycles. The van der Waals surface area contributed by atoms with Gasteiger partial charge in [-0.1, -0.05) is 6.07 Å². The molecule has 2 rings (SSSR count). The summed E-state index contributed by atoms with van der Waals surface area (Å²) in [5, 5.41) is 8.96. The summed E-state index contributed by atoms with van der Waals surface area (Å²) in [5.41, 5.74) is 0.0579.